The van der Waals surface area contributed by atoms with Gasteiger partial charge in [0.1, 0.15) is 18.8 Å². The number of amides is 1. The van der Waals surface area contributed by atoms with E-state index in [1.54, 1.807) is 0 Å². The van der Waals surface area contributed by atoms with Gasteiger partial charge in [-0.2, -0.15) is 0 Å². The van der Waals surface area contributed by atoms with Crippen LogP contribution in [0.3, 0.4) is 0 Å². The predicted octanol–water partition coefficient (Wildman–Crippen LogP) is 0.859. The van der Waals surface area contributed by atoms with E-state index in [9.17, 15) is 19.2 Å². The van der Waals surface area contributed by atoms with Gasteiger partial charge in [0, 0.05) is 27.7 Å². The summed E-state index contributed by atoms with van der Waals surface area (Å²) in [5.74, 6) is -2.32. The molecule has 10 heteroatoms. The molecule has 3 unspecified atom stereocenters. The SMILES string of the molecule is CC(=O)NC1C(OC(C)=O)[C@H](OC(C)=O)C(COC(C)=O)O[C@@H]1OCc1ccccc1. The Balaban J connectivity index is 2.35. The van der Waals surface area contributed by atoms with E-state index in [1.807, 2.05) is 30.3 Å². The lowest BCUT2D eigenvalue weighted by atomic mass is 9.96. The van der Waals surface area contributed by atoms with E-state index in [0.29, 0.717) is 0 Å². The average molecular weight is 437 g/mol. The van der Waals surface area contributed by atoms with Crippen LogP contribution in [0, 0.1) is 0 Å². The maximum absolute atomic E-state index is 11.8. The van der Waals surface area contributed by atoms with E-state index in [-0.39, 0.29) is 13.2 Å². The molecule has 170 valence electrons. The monoisotopic (exact) mass is 437 g/mol. The van der Waals surface area contributed by atoms with Crippen LogP contribution in [0.25, 0.3) is 0 Å². The third-order valence-corrected chi connectivity index (χ3v) is 4.33. The van der Waals surface area contributed by atoms with Crippen molar-refractivity contribution in [2.24, 2.45) is 0 Å². The highest BCUT2D eigenvalue weighted by molar-refractivity contribution is 5.73. The van der Waals surface area contributed by atoms with Gasteiger partial charge in [0.25, 0.3) is 0 Å². The van der Waals surface area contributed by atoms with Crippen molar-refractivity contribution in [3.63, 3.8) is 0 Å². The summed E-state index contributed by atoms with van der Waals surface area (Å²) in [6, 6.07) is 8.25. The number of ether oxygens (including phenoxy) is 5. The third kappa shape index (κ3) is 7.65. The fourth-order valence-electron chi connectivity index (χ4n) is 3.19. The molecule has 31 heavy (non-hydrogen) atoms. The Bertz CT molecular complexity index is 782. The zero-order valence-electron chi connectivity index (χ0n) is 17.9. The standard InChI is InChI=1S/C21H27NO9/c1-12(23)22-18-20(30-15(4)26)19(29-14(3)25)17(11-27-13(2)24)31-21(18)28-10-16-8-6-5-7-9-16/h5-9,17-21H,10-11H2,1-4H3,(H,22,23)/t17?,18?,19-,20?,21+/m1/s1. The molecule has 1 heterocycles. The maximum atomic E-state index is 11.8. The van der Waals surface area contributed by atoms with Gasteiger partial charge in [0.2, 0.25) is 5.91 Å². The van der Waals surface area contributed by atoms with Crippen molar-refractivity contribution in [1.29, 1.82) is 0 Å². The van der Waals surface area contributed by atoms with Crippen LogP contribution in [-0.2, 0) is 49.5 Å². The number of hydrogen-bond donors (Lipinski definition) is 1. The molecule has 2 rings (SSSR count). The largest absolute Gasteiger partial charge is 0.463 e. The summed E-state index contributed by atoms with van der Waals surface area (Å²) in [6.45, 7) is 4.72. The van der Waals surface area contributed by atoms with Gasteiger partial charge in [-0.3, -0.25) is 19.2 Å². The summed E-state index contributed by atoms with van der Waals surface area (Å²) in [5.41, 5.74) is 0.843. The summed E-state index contributed by atoms with van der Waals surface area (Å²) in [7, 11) is 0. The molecule has 1 N–H and O–H groups in total. The van der Waals surface area contributed by atoms with Crippen molar-refractivity contribution < 1.29 is 42.9 Å². The molecular weight excluding hydrogens is 410 g/mol. The molecule has 1 aliphatic heterocycles. The molecule has 0 bridgehead atoms. The molecule has 10 nitrogen and oxygen atoms in total. The second-order valence-corrected chi connectivity index (χ2v) is 7.02. The molecule has 0 spiro atoms. The van der Waals surface area contributed by atoms with Crippen LogP contribution in [0.2, 0.25) is 0 Å². The van der Waals surface area contributed by atoms with Gasteiger partial charge in [-0.25, -0.2) is 0 Å². The van der Waals surface area contributed by atoms with E-state index in [0.717, 1.165) is 5.56 Å². The fraction of sp³-hybridized carbons (Fsp3) is 0.524. The molecule has 1 aromatic carbocycles. The van der Waals surface area contributed by atoms with Gasteiger partial charge in [-0.05, 0) is 5.56 Å². The Hall–Kier alpha value is -2.98. The van der Waals surface area contributed by atoms with Crippen LogP contribution in [0.1, 0.15) is 33.3 Å². The summed E-state index contributed by atoms with van der Waals surface area (Å²) < 4.78 is 27.6. The highest BCUT2D eigenvalue weighted by Crippen LogP contribution is 2.28. The van der Waals surface area contributed by atoms with E-state index in [2.05, 4.69) is 5.32 Å². The normalized spacial score (nSPS) is 25.2. The van der Waals surface area contributed by atoms with Crippen LogP contribution in [0.15, 0.2) is 30.3 Å². The average Bonchev–Trinajstić information content (AvgIpc) is 2.68. The van der Waals surface area contributed by atoms with Gasteiger partial charge in [0.15, 0.2) is 18.5 Å². The van der Waals surface area contributed by atoms with E-state index in [4.69, 9.17) is 23.7 Å². The first-order valence-corrected chi connectivity index (χ1v) is 9.73. The number of benzene rings is 1. The van der Waals surface area contributed by atoms with E-state index < -0.39 is 54.5 Å². The Morgan fingerprint density at radius 2 is 1.52 bits per heavy atom. The smallest absolute Gasteiger partial charge is 0.303 e. The summed E-state index contributed by atoms with van der Waals surface area (Å²) >= 11 is 0. The van der Waals surface area contributed by atoms with Gasteiger partial charge in [-0.15, -0.1) is 0 Å². The second kappa shape index (κ2) is 11.4. The van der Waals surface area contributed by atoms with Gasteiger partial charge in [0.05, 0.1) is 6.61 Å². The van der Waals surface area contributed by atoms with Gasteiger partial charge < -0.3 is 29.0 Å². The zero-order chi connectivity index (χ0) is 23.0. The Labute approximate surface area is 180 Å². The van der Waals surface area contributed by atoms with Crippen molar-refractivity contribution >= 4 is 23.8 Å². The maximum Gasteiger partial charge on any atom is 0.303 e. The number of hydrogen-bond acceptors (Lipinski definition) is 9. The molecule has 1 aromatic rings. The van der Waals surface area contributed by atoms with Crippen molar-refractivity contribution in [1.82, 2.24) is 5.32 Å². The minimum Gasteiger partial charge on any atom is -0.463 e. The Morgan fingerprint density at radius 3 is 2.06 bits per heavy atom. The highest BCUT2D eigenvalue weighted by Gasteiger charge is 2.51. The quantitative estimate of drug-likeness (QED) is 0.465. The first kappa shape index (κ1) is 24.3. The Morgan fingerprint density at radius 1 is 0.903 bits per heavy atom. The topological polar surface area (TPSA) is 126 Å². The minimum atomic E-state index is -1.14. The van der Waals surface area contributed by atoms with Crippen molar-refractivity contribution in [2.75, 3.05) is 6.61 Å². The van der Waals surface area contributed by atoms with Crippen LogP contribution in [0.4, 0.5) is 0 Å². The van der Waals surface area contributed by atoms with Gasteiger partial charge >= 0.3 is 17.9 Å². The van der Waals surface area contributed by atoms with E-state index in [1.165, 1.54) is 27.7 Å². The number of esters is 3. The first-order chi connectivity index (χ1) is 14.7. The molecule has 1 saturated heterocycles. The lowest BCUT2D eigenvalue weighted by Crippen LogP contribution is -2.66. The second-order valence-electron chi connectivity index (χ2n) is 7.02. The van der Waals surface area contributed by atoms with Crippen LogP contribution in [-0.4, -0.2) is 61.1 Å². The predicted molar refractivity (Wildman–Crippen MR) is 105 cm³/mol. The van der Waals surface area contributed by atoms with Crippen LogP contribution >= 0.6 is 0 Å². The molecule has 0 radical (unpaired) electrons. The lowest BCUT2D eigenvalue weighted by Gasteiger charge is -2.44. The molecule has 5 atom stereocenters. The van der Waals surface area contributed by atoms with E-state index >= 15 is 0 Å². The molecule has 0 aliphatic carbocycles. The number of rotatable bonds is 8. The van der Waals surface area contributed by atoms with Crippen LogP contribution < -0.4 is 5.32 Å². The zero-order valence-corrected chi connectivity index (χ0v) is 17.9. The van der Waals surface area contributed by atoms with Crippen molar-refractivity contribution in [3.05, 3.63) is 35.9 Å². The number of carbonyl (C=O) groups is 4. The minimum absolute atomic E-state index is 0.132. The summed E-state index contributed by atoms with van der Waals surface area (Å²) in [5, 5.41) is 2.65. The molecular formula is C21H27NO9. The molecule has 1 amide bonds. The number of carbonyl (C=O) groups excluding carboxylic acids is 4. The summed E-state index contributed by atoms with van der Waals surface area (Å²) in [4.78, 5) is 46.7. The summed E-state index contributed by atoms with van der Waals surface area (Å²) in [6.07, 6.45) is -4.36. The highest BCUT2D eigenvalue weighted by atomic mass is 16.7. The third-order valence-electron chi connectivity index (χ3n) is 4.33. The number of nitrogens with one attached hydrogen (secondary N) is 1. The van der Waals surface area contributed by atoms with Crippen LogP contribution in [0.5, 0.6) is 0 Å². The van der Waals surface area contributed by atoms with Gasteiger partial charge in [-0.1, -0.05) is 30.3 Å². The fourth-order valence-corrected chi connectivity index (χ4v) is 3.19. The Kier molecular flexibility index (Phi) is 8.95. The van der Waals surface area contributed by atoms with Crippen molar-refractivity contribution in [3.8, 4) is 0 Å². The molecule has 1 aliphatic rings. The molecule has 0 aromatic heterocycles. The van der Waals surface area contributed by atoms with Crippen molar-refractivity contribution in [2.45, 2.75) is 64.9 Å². The first-order valence-electron chi connectivity index (χ1n) is 9.73. The lowest BCUT2D eigenvalue weighted by molar-refractivity contribution is -0.280. The molecule has 0 saturated carbocycles. The molecule has 1 fully saturated rings.